The number of hydrogen-bond acceptors (Lipinski definition) is 4. The molecule has 2 rings (SSSR count). The molecule has 0 saturated carbocycles. The lowest BCUT2D eigenvalue weighted by Gasteiger charge is -1.94. The number of nitrogen functional groups attached to an aromatic ring is 1. The van der Waals surface area contributed by atoms with Gasteiger partial charge in [-0.05, 0) is 25.1 Å². The molecule has 1 aromatic carbocycles. The molecule has 4 nitrogen and oxygen atoms in total. The smallest absolute Gasteiger partial charge is 0.257 e. The van der Waals surface area contributed by atoms with Gasteiger partial charge in [0.05, 0.1) is 0 Å². The maximum atomic E-state index is 5.61. The van der Waals surface area contributed by atoms with Gasteiger partial charge in [0.2, 0.25) is 0 Å². The number of nitrogens with two attached hydrogens (primary N) is 1. The van der Waals surface area contributed by atoms with Crippen LogP contribution in [0.2, 0.25) is 0 Å². The lowest BCUT2D eigenvalue weighted by atomic mass is 10.2. The van der Waals surface area contributed by atoms with Crippen molar-refractivity contribution in [3.63, 3.8) is 0 Å². The first-order valence-electron chi connectivity index (χ1n) is 3.92. The number of aromatic nitrogens is 2. The topological polar surface area (TPSA) is 64.9 Å². The van der Waals surface area contributed by atoms with Crippen LogP contribution in [0.4, 0.5) is 5.69 Å². The molecule has 1 heterocycles. The SMILES string of the molecule is Cc1noc(-c2cccc(N)c2)n1. The van der Waals surface area contributed by atoms with Crippen molar-refractivity contribution in [1.82, 2.24) is 10.1 Å². The van der Waals surface area contributed by atoms with Crippen molar-refractivity contribution in [2.24, 2.45) is 0 Å². The first-order valence-corrected chi connectivity index (χ1v) is 3.92. The zero-order chi connectivity index (χ0) is 9.26. The van der Waals surface area contributed by atoms with E-state index in [9.17, 15) is 0 Å². The van der Waals surface area contributed by atoms with Crippen LogP contribution in [0.1, 0.15) is 5.82 Å². The predicted molar refractivity (Wildman–Crippen MR) is 48.9 cm³/mol. The van der Waals surface area contributed by atoms with Crippen molar-refractivity contribution >= 4 is 5.69 Å². The molecule has 0 aliphatic rings. The van der Waals surface area contributed by atoms with E-state index in [0.717, 1.165) is 5.56 Å². The highest BCUT2D eigenvalue weighted by molar-refractivity contribution is 5.59. The van der Waals surface area contributed by atoms with Gasteiger partial charge in [0, 0.05) is 11.3 Å². The number of rotatable bonds is 1. The minimum Gasteiger partial charge on any atom is -0.399 e. The molecule has 0 saturated heterocycles. The third-order valence-electron chi connectivity index (χ3n) is 1.66. The van der Waals surface area contributed by atoms with Crippen molar-refractivity contribution < 1.29 is 4.52 Å². The van der Waals surface area contributed by atoms with E-state index in [0.29, 0.717) is 17.4 Å². The van der Waals surface area contributed by atoms with Gasteiger partial charge >= 0.3 is 0 Å². The summed E-state index contributed by atoms with van der Waals surface area (Å²) >= 11 is 0. The van der Waals surface area contributed by atoms with Gasteiger partial charge in [0.25, 0.3) is 5.89 Å². The molecular formula is C9H9N3O. The second kappa shape index (κ2) is 2.90. The Bertz CT molecular complexity index is 422. The maximum Gasteiger partial charge on any atom is 0.257 e. The molecule has 0 bridgehead atoms. The summed E-state index contributed by atoms with van der Waals surface area (Å²) in [4.78, 5) is 4.09. The Morgan fingerprint density at radius 2 is 2.23 bits per heavy atom. The van der Waals surface area contributed by atoms with Crippen molar-refractivity contribution in [2.45, 2.75) is 6.92 Å². The Morgan fingerprint density at radius 1 is 1.38 bits per heavy atom. The van der Waals surface area contributed by atoms with Crippen LogP contribution >= 0.6 is 0 Å². The van der Waals surface area contributed by atoms with Crippen molar-refractivity contribution in [3.05, 3.63) is 30.1 Å². The number of benzene rings is 1. The number of aryl methyl sites for hydroxylation is 1. The van der Waals surface area contributed by atoms with Crippen LogP contribution in [0.5, 0.6) is 0 Å². The third-order valence-corrected chi connectivity index (χ3v) is 1.66. The van der Waals surface area contributed by atoms with Crippen LogP contribution in [-0.2, 0) is 0 Å². The second-order valence-electron chi connectivity index (χ2n) is 2.77. The summed E-state index contributed by atoms with van der Waals surface area (Å²) < 4.78 is 4.99. The van der Waals surface area contributed by atoms with Crippen LogP contribution in [-0.4, -0.2) is 10.1 Å². The van der Waals surface area contributed by atoms with Crippen LogP contribution < -0.4 is 5.73 Å². The van der Waals surface area contributed by atoms with E-state index in [-0.39, 0.29) is 0 Å². The second-order valence-corrected chi connectivity index (χ2v) is 2.77. The van der Waals surface area contributed by atoms with E-state index in [2.05, 4.69) is 10.1 Å². The third kappa shape index (κ3) is 1.51. The molecule has 1 aromatic heterocycles. The monoisotopic (exact) mass is 175 g/mol. The van der Waals surface area contributed by atoms with Crippen molar-refractivity contribution in [1.29, 1.82) is 0 Å². The zero-order valence-electron chi connectivity index (χ0n) is 7.19. The Morgan fingerprint density at radius 3 is 2.85 bits per heavy atom. The quantitative estimate of drug-likeness (QED) is 0.669. The summed E-state index contributed by atoms with van der Waals surface area (Å²) in [7, 11) is 0. The minimum absolute atomic E-state index is 0.504. The van der Waals surface area contributed by atoms with Gasteiger partial charge in [-0.1, -0.05) is 11.2 Å². The summed E-state index contributed by atoms with van der Waals surface area (Å²) in [6.45, 7) is 1.78. The summed E-state index contributed by atoms with van der Waals surface area (Å²) in [5.41, 5.74) is 7.15. The first-order chi connectivity index (χ1) is 6.25. The highest BCUT2D eigenvalue weighted by Gasteiger charge is 2.04. The van der Waals surface area contributed by atoms with E-state index in [1.54, 1.807) is 13.0 Å². The van der Waals surface area contributed by atoms with Gasteiger partial charge in [-0.2, -0.15) is 4.98 Å². The highest BCUT2D eigenvalue weighted by atomic mass is 16.5. The summed E-state index contributed by atoms with van der Waals surface area (Å²) in [6.07, 6.45) is 0. The fourth-order valence-corrected chi connectivity index (χ4v) is 1.09. The summed E-state index contributed by atoms with van der Waals surface area (Å²) in [5.74, 6) is 1.13. The summed E-state index contributed by atoms with van der Waals surface area (Å²) in [5, 5.41) is 3.70. The Balaban J connectivity index is 2.46. The van der Waals surface area contributed by atoms with Crippen LogP contribution in [0.3, 0.4) is 0 Å². The Hall–Kier alpha value is -1.84. The lowest BCUT2D eigenvalue weighted by Crippen LogP contribution is -1.85. The normalized spacial score (nSPS) is 10.2. The Kier molecular flexibility index (Phi) is 1.73. The molecule has 2 N–H and O–H groups in total. The number of hydrogen-bond donors (Lipinski definition) is 1. The van der Waals surface area contributed by atoms with E-state index >= 15 is 0 Å². The standard InChI is InChI=1S/C9H9N3O/c1-6-11-9(13-12-6)7-3-2-4-8(10)5-7/h2-5H,10H2,1H3. The predicted octanol–water partition coefficient (Wildman–Crippen LogP) is 1.63. The molecule has 66 valence electrons. The number of nitrogens with zero attached hydrogens (tertiary/aromatic N) is 2. The average molecular weight is 175 g/mol. The van der Waals surface area contributed by atoms with Gasteiger partial charge in [0.1, 0.15) is 0 Å². The fourth-order valence-electron chi connectivity index (χ4n) is 1.09. The molecule has 0 fully saturated rings. The first kappa shape index (κ1) is 7.79. The van der Waals surface area contributed by atoms with E-state index in [1.807, 2.05) is 18.2 Å². The molecule has 0 unspecified atom stereocenters. The molecule has 0 aliphatic carbocycles. The Labute approximate surface area is 75.4 Å². The lowest BCUT2D eigenvalue weighted by molar-refractivity contribution is 0.425. The van der Waals surface area contributed by atoms with Gasteiger partial charge in [-0.25, -0.2) is 0 Å². The largest absolute Gasteiger partial charge is 0.399 e. The van der Waals surface area contributed by atoms with E-state index in [1.165, 1.54) is 0 Å². The molecule has 4 heteroatoms. The van der Waals surface area contributed by atoms with Gasteiger partial charge in [-0.15, -0.1) is 0 Å². The molecule has 0 amide bonds. The summed E-state index contributed by atoms with van der Waals surface area (Å²) in [6, 6.07) is 7.34. The van der Waals surface area contributed by atoms with Gasteiger partial charge in [0.15, 0.2) is 5.82 Å². The van der Waals surface area contributed by atoms with Crippen LogP contribution in [0.15, 0.2) is 28.8 Å². The molecule has 0 atom stereocenters. The average Bonchev–Trinajstić information content (AvgIpc) is 2.52. The van der Waals surface area contributed by atoms with Crippen molar-refractivity contribution in [3.8, 4) is 11.5 Å². The van der Waals surface area contributed by atoms with E-state index in [4.69, 9.17) is 10.3 Å². The molecule has 13 heavy (non-hydrogen) atoms. The molecular weight excluding hydrogens is 166 g/mol. The van der Waals surface area contributed by atoms with Crippen LogP contribution in [0, 0.1) is 6.92 Å². The van der Waals surface area contributed by atoms with Crippen LogP contribution in [0.25, 0.3) is 11.5 Å². The van der Waals surface area contributed by atoms with Crippen molar-refractivity contribution in [2.75, 3.05) is 5.73 Å². The molecule has 0 radical (unpaired) electrons. The van der Waals surface area contributed by atoms with Gasteiger partial charge in [-0.3, -0.25) is 0 Å². The highest BCUT2D eigenvalue weighted by Crippen LogP contribution is 2.18. The number of anilines is 1. The molecule has 2 aromatic rings. The maximum absolute atomic E-state index is 5.61. The van der Waals surface area contributed by atoms with Gasteiger partial charge < -0.3 is 10.3 Å². The van der Waals surface area contributed by atoms with E-state index < -0.39 is 0 Å². The molecule has 0 spiro atoms. The molecule has 0 aliphatic heterocycles. The fraction of sp³-hybridized carbons (Fsp3) is 0.111. The zero-order valence-corrected chi connectivity index (χ0v) is 7.19. The minimum atomic E-state index is 0.504.